The molecule has 0 fully saturated rings. The van der Waals surface area contributed by atoms with Crippen LogP contribution in [-0.2, 0) is 0 Å². The van der Waals surface area contributed by atoms with Gasteiger partial charge in [0.05, 0.1) is 0 Å². The van der Waals surface area contributed by atoms with Crippen LogP contribution in [0.2, 0.25) is 0 Å². The molecular weight excluding hydrogens is 234 g/mol. The average molecular weight is 243 g/mol. The normalized spacial score (nSPS) is 10.0. The van der Waals surface area contributed by atoms with E-state index in [4.69, 9.17) is 10.2 Å². The fourth-order valence-corrected chi connectivity index (χ4v) is 1.70. The third kappa shape index (κ3) is 2.06. The average Bonchev–Trinajstić information content (AvgIpc) is 2.38. The summed E-state index contributed by atoms with van der Waals surface area (Å²) >= 11 is 0. The van der Waals surface area contributed by atoms with Crippen molar-refractivity contribution in [3.63, 3.8) is 0 Å². The number of benzene rings is 1. The molecule has 90 valence electrons. The highest BCUT2D eigenvalue weighted by Crippen LogP contribution is 2.25. The highest BCUT2D eigenvalue weighted by Gasteiger charge is 2.21. The second-order valence-electron chi connectivity index (χ2n) is 3.56. The molecule has 0 aliphatic heterocycles. The van der Waals surface area contributed by atoms with Gasteiger partial charge >= 0.3 is 11.9 Å². The van der Waals surface area contributed by atoms with Gasteiger partial charge in [0.15, 0.2) is 5.69 Å². The Kier molecular flexibility index (Phi) is 3.05. The molecule has 2 N–H and O–H groups in total. The van der Waals surface area contributed by atoms with E-state index >= 15 is 0 Å². The van der Waals surface area contributed by atoms with E-state index in [-0.39, 0.29) is 5.56 Å². The van der Waals surface area contributed by atoms with Gasteiger partial charge in [-0.3, -0.25) is 0 Å². The Morgan fingerprint density at radius 1 is 0.944 bits per heavy atom. The van der Waals surface area contributed by atoms with Crippen LogP contribution in [-0.4, -0.2) is 27.1 Å². The molecule has 18 heavy (non-hydrogen) atoms. The van der Waals surface area contributed by atoms with Crippen molar-refractivity contribution in [3.8, 4) is 11.1 Å². The van der Waals surface area contributed by atoms with Crippen molar-refractivity contribution in [2.45, 2.75) is 0 Å². The predicted octanol–water partition coefficient (Wildman–Crippen LogP) is 2.15. The Balaban J connectivity index is 2.72. The van der Waals surface area contributed by atoms with Crippen LogP contribution in [0.15, 0.2) is 42.6 Å². The van der Waals surface area contributed by atoms with Crippen molar-refractivity contribution < 1.29 is 19.8 Å². The van der Waals surface area contributed by atoms with Crippen LogP contribution in [0.4, 0.5) is 0 Å². The van der Waals surface area contributed by atoms with E-state index in [1.54, 1.807) is 30.3 Å². The van der Waals surface area contributed by atoms with E-state index in [9.17, 15) is 9.59 Å². The summed E-state index contributed by atoms with van der Waals surface area (Å²) in [7, 11) is 0. The van der Waals surface area contributed by atoms with Gasteiger partial charge in [-0.25, -0.2) is 14.6 Å². The lowest BCUT2D eigenvalue weighted by atomic mass is 9.99. The molecule has 1 heterocycles. The molecule has 0 radical (unpaired) electrons. The van der Waals surface area contributed by atoms with Crippen LogP contribution in [0.5, 0.6) is 0 Å². The molecule has 0 aliphatic carbocycles. The number of rotatable bonds is 3. The van der Waals surface area contributed by atoms with Crippen molar-refractivity contribution in [2.75, 3.05) is 0 Å². The molecule has 0 saturated carbocycles. The Morgan fingerprint density at radius 2 is 1.61 bits per heavy atom. The first-order valence-electron chi connectivity index (χ1n) is 5.12. The number of nitrogens with zero attached hydrogens (tertiary/aromatic N) is 1. The van der Waals surface area contributed by atoms with E-state index < -0.39 is 17.6 Å². The van der Waals surface area contributed by atoms with Crippen LogP contribution >= 0.6 is 0 Å². The highest BCUT2D eigenvalue weighted by atomic mass is 16.4. The summed E-state index contributed by atoms with van der Waals surface area (Å²) in [4.78, 5) is 25.8. The molecule has 1 aromatic carbocycles. The molecule has 0 atom stereocenters. The number of hydrogen-bond acceptors (Lipinski definition) is 3. The molecule has 0 amide bonds. The summed E-state index contributed by atoms with van der Waals surface area (Å²) in [6.07, 6.45) is 1.29. The molecule has 2 aromatic rings. The second kappa shape index (κ2) is 4.67. The first kappa shape index (κ1) is 11.8. The highest BCUT2D eigenvalue weighted by molar-refractivity contribution is 6.05. The first-order valence-corrected chi connectivity index (χ1v) is 5.12. The second-order valence-corrected chi connectivity index (χ2v) is 3.56. The van der Waals surface area contributed by atoms with E-state index in [1.165, 1.54) is 12.3 Å². The maximum atomic E-state index is 11.2. The molecule has 0 aliphatic rings. The van der Waals surface area contributed by atoms with Crippen molar-refractivity contribution in [3.05, 3.63) is 53.9 Å². The molecule has 1 aromatic heterocycles. The Morgan fingerprint density at radius 3 is 2.17 bits per heavy atom. The van der Waals surface area contributed by atoms with Gasteiger partial charge in [-0.05, 0) is 11.6 Å². The molecular formula is C13H9NO4. The Bertz CT molecular complexity index is 608. The molecule has 0 spiro atoms. The van der Waals surface area contributed by atoms with Gasteiger partial charge in [0, 0.05) is 11.8 Å². The van der Waals surface area contributed by atoms with Gasteiger partial charge in [-0.2, -0.15) is 0 Å². The number of aromatic nitrogens is 1. The van der Waals surface area contributed by atoms with Crippen molar-refractivity contribution in [1.29, 1.82) is 0 Å². The van der Waals surface area contributed by atoms with Crippen LogP contribution in [0, 0.1) is 0 Å². The molecule has 0 unspecified atom stereocenters. The zero-order valence-electron chi connectivity index (χ0n) is 9.20. The summed E-state index contributed by atoms with van der Waals surface area (Å²) in [6.45, 7) is 0. The maximum Gasteiger partial charge on any atom is 0.355 e. The van der Waals surface area contributed by atoms with Crippen LogP contribution in [0.25, 0.3) is 11.1 Å². The number of carboxylic acid groups (broad SMARTS) is 2. The van der Waals surface area contributed by atoms with Gasteiger partial charge in [-0.1, -0.05) is 30.3 Å². The third-order valence-corrected chi connectivity index (χ3v) is 2.45. The fraction of sp³-hybridized carbons (Fsp3) is 0. The summed E-state index contributed by atoms with van der Waals surface area (Å²) in [5.41, 5.74) is 0.232. The first-order chi connectivity index (χ1) is 8.61. The summed E-state index contributed by atoms with van der Waals surface area (Å²) in [6, 6.07) is 10.2. The minimum Gasteiger partial charge on any atom is -0.478 e. The zero-order chi connectivity index (χ0) is 13.1. The van der Waals surface area contributed by atoms with Gasteiger partial charge < -0.3 is 10.2 Å². The summed E-state index contributed by atoms with van der Waals surface area (Å²) in [5, 5.41) is 18.1. The van der Waals surface area contributed by atoms with E-state index in [2.05, 4.69) is 4.98 Å². The lowest BCUT2D eigenvalue weighted by Crippen LogP contribution is -2.12. The minimum atomic E-state index is -1.36. The number of carbonyl (C=O) groups is 2. The SMILES string of the molecule is O=C(O)c1nccc(-c2ccccc2)c1C(=O)O. The van der Waals surface area contributed by atoms with Crippen LogP contribution in [0.3, 0.4) is 0 Å². The number of pyridine rings is 1. The van der Waals surface area contributed by atoms with Crippen molar-refractivity contribution in [2.24, 2.45) is 0 Å². The molecule has 5 heteroatoms. The lowest BCUT2D eigenvalue weighted by molar-refractivity contribution is 0.0647. The lowest BCUT2D eigenvalue weighted by Gasteiger charge is -2.08. The topological polar surface area (TPSA) is 87.5 Å². The van der Waals surface area contributed by atoms with Crippen molar-refractivity contribution >= 4 is 11.9 Å². The third-order valence-electron chi connectivity index (χ3n) is 2.45. The predicted molar refractivity (Wildman–Crippen MR) is 63.6 cm³/mol. The van der Waals surface area contributed by atoms with Gasteiger partial charge in [0.1, 0.15) is 5.56 Å². The van der Waals surface area contributed by atoms with Crippen LogP contribution in [0.1, 0.15) is 20.8 Å². The summed E-state index contributed by atoms with van der Waals surface area (Å²) in [5.74, 6) is -2.66. The van der Waals surface area contributed by atoms with E-state index in [0.29, 0.717) is 11.1 Å². The Hall–Kier alpha value is -2.69. The molecule has 0 saturated heterocycles. The monoisotopic (exact) mass is 243 g/mol. The molecule has 5 nitrogen and oxygen atoms in total. The van der Waals surface area contributed by atoms with Gasteiger partial charge in [-0.15, -0.1) is 0 Å². The number of carboxylic acids is 2. The quantitative estimate of drug-likeness (QED) is 0.862. The fourth-order valence-electron chi connectivity index (χ4n) is 1.70. The maximum absolute atomic E-state index is 11.2. The van der Waals surface area contributed by atoms with Gasteiger partial charge in [0.2, 0.25) is 0 Å². The summed E-state index contributed by atoms with van der Waals surface area (Å²) < 4.78 is 0. The smallest absolute Gasteiger partial charge is 0.355 e. The standard InChI is InChI=1S/C13H9NO4/c15-12(16)10-9(8-4-2-1-3-5-8)6-7-14-11(10)13(17)18/h1-7H,(H,15,16)(H,17,18). The van der Waals surface area contributed by atoms with E-state index in [0.717, 1.165) is 0 Å². The van der Waals surface area contributed by atoms with Crippen LogP contribution < -0.4 is 0 Å². The molecule has 2 rings (SSSR count). The minimum absolute atomic E-state index is 0.295. The van der Waals surface area contributed by atoms with E-state index in [1.807, 2.05) is 0 Å². The number of aromatic carboxylic acids is 2. The van der Waals surface area contributed by atoms with Crippen molar-refractivity contribution in [1.82, 2.24) is 4.98 Å². The Labute approximate surface area is 102 Å². The zero-order valence-corrected chi connectivity index (χ0v) is 9.20. The largest absolute Gasteiger partial charge is 0.478 e. The molecule has 0 bridgehead atoms. The van der Waals surface area contributed by atoms with Gasteiger partial charge in [0.25, 0.3) is 0 Å². The number of hydrogen-bond donors (Lipinski definition) is 2.